The Labute approximate surface area is 243 Å². The number of benzene rings is 4. The van der Waals surface area contributed by atoms with E-state index < -0.39 is 5.41 Å². The number of nitrogens with one attached hydrogen (secondary N) is 2. The molecule has 2 N–H and O–H groups in total. The molecule has 7 rings (SSSR count). The Kier molecular flexibility index (Phi) is 6.17. The summed E-state index contributed by atoms with van der Waals surface area (Å²) in [7, 11) is 0. The molecule has 42 heavy (non-hydrogen) atoms. The SMILES string of the molecule is Cc1c(-c2ccc(C#N)cc2)ccc2c1N(Cc1cccc3ccccc13)C(=O)C2(Cc1c[nH]cn1)Cc1c[nH]cn1. The molecule has 2 aromatic heterocycles. The number of fused-ring (bicyclic) bond motifs is 2. The maximum Gasteiger partial charge on any atom is 0.238 e. The van der Waals surface area contributed by atoms with Crippen molar-refractivity contribution in [1.29, 1.82) is 5.26 Å². The first-order valence-electron chi connectivity index (χ1n) is 14.0. The van der Waals surface area contributed by atoms with E-state index in [1.54, 1.807) is 12.7 Å². The Morgan fingerprint density at radius 3 is 2.21 bits per heavy atom. The second-order valence-electron chi connectivity index (χ2n) is 10.9. The number of aromatic amines is 2. The maximum absolute atomic E-state index is 15.0. The molecule has 7 nitrogen and oxygen atoms in total. The first-order valence-corrected chi connectivity index (χ1v) is 14.0. The van der Waals surface area contributed by atoms with E-state index >= 15 is 0 Å². The number of nitrogens with zero attached hydrogens (tertiary/aromatic N) is 4. The van der Waals surface area contributed by atoms with Gasteiger partial charge in [-0.2, -0.15) is 5.26 Å². The fourth-order valence-corrected chi connectivity index (χ4v) is 6.50. The van der Waals surface area contributed by atoms with Crippen LogP contribution in [0.15, 0.2) is 104 Å². The highest BCUT2D eigenvalue weighted by molar-refractivity contribution is 6.10. The Morgan fingerprint density at radius 2 is 1.55 bits per heavy atom. The summed E-state index contributed by atoms with van der Waals surface area (Å²) in [5, 5.41) is 11.6. The lowest BCUT2D eigenvalue weighted by atomic mass is 9.73. The predicted molar refractivity (Wildman–Crippen MR) is 163 cm³/mol. The van der Waals surface area contributed by atoms with Gasteiger partial charge >= 0.3 is 0 Å². The average molecular weight is 549 g/mol. The van der Waals surface area contributed by atoms with Crippen LogP contribution in [0.4, 0.5) is 5.69 Å². The number of hydrogen-bond acceptors (Lipinski definition) is 4. The second-order valence-corrected chi connectivity index (χ2v) is 10.9. The molecule has 0 radical (unpaired) electrons. The summed E-state index contributed by atoms with van der Waals surface area (Å²) >= 11 is 0. The largest absolute Gasteiger partial charge is 0.351 e. The minimum atomic E-state index is -0.891. The van der Waals surface area contributed by atoms with Crippen molar-refractivity contribution in [1.82, 2.24) is 19.9 Å². The van der Waals surface area contributed by atoms with Gasteiger partial charge < -0.3 is 14.9 Å². The van der Waals surface area contributed by atoms with Crippen LogP contribution in [0.5, 0.6) is 0 Å². The topological polar surface area (TPSA) is 101 Å². The number of anilines is 1. The zero-order chi connectivity index (χ0) is 28.7. The smallest absolute Gasteiger partial charge is 0.238 e. The summed E-state index contributed by atoms with van der Waals surface area (Å²) in [5.41, 5.74) is 7.43. The zero-order valence-corrected chi connectivity index (χ0v) is 23.1. The number of carbonyl (C=O) groups is 1. The standard InChI is InChI=1S/C35H28N6O/c1-23-30(26-11-9-24(17-36)10-12-26)13-14-32-33(23)41(20-27-7-4-6-25-5-2-3-8-31(25)27)34(42)35(32,15-28-18-37-21-39-28)16-29-19-38-22-40-29/h2-14,18-19,21-22H,15-16,20H2,1H3,(H,37,39)(H,38,40). The van der Waals surface area contributed by atoms with Crippen LogP contribution in [0.25, 0.3) is 21.9 Å². The predicted octanol–water partition coefficient (Wildman–Crippen LogP) is 6.40. The molecule has 0 atom stereocenters. The monoisotopic (exact) mass is 548 g/mol. The molecule has 0 fully saturated rings. The van der Waals surface area contributed by atoms with Gasteiger partial charge in [0, 0.05) is 25.2 Å². The highest BCUT2D eigenvalue weighted by Crippen LogP contribution is 2.50. The van der Waals surface area contributed by atoms with E-state index in [2.05, 4.69) is 75.4 Å². The molecule has 1 aliphatic rings. The molecule has 3 heterocycles. The summed E-state index contributed by atoms with van der Waals surface area (Å²) in [6, 6.07) is 28.6. The van der Waals surface area contributed by atoms with Crippen LogP contribution in [-0.2, 0) is 29.6 Å². The highest BCUT2D eigenvalue weighted by atomic mass is 16.2. The van der Waals surface area contributed by atoms with Gasteiger partial charge in [0.2, 0.25) is 5.91 Å². The van der Waals surface area contributed by atoms with Crippen LogP contribution in [0, 0.1) is 18.3 Å². The van der Waals surface area contributed by atoms with Crippen molar-refractivity contribution in [2.45, 2.75) is 31.7 Å². The maximum atomic E-state index is 15.0. The Balaban J connectivity index is 1.44. The molecular formula is C35H28N6O. The molecule has 0 unspecified atom stereocenters. The molecule has 6 aromatic rings. The molecule has 0 spiro atoms. The molecule has 1 aliphatic heterocycles. The van der Waals surface area contributed by atoms with Gasteiger partial charge in [0.15, 0.2) is 0 Å². The van der Waals surface area contributed by atoms with Gasteiger partial charge in [0.05, 0.1) is 53.3 Å². The Hall–Kier alpha value is -5.48. The van der Waals surface area contributed by atoms with Crippen molar-refractivity contribution < 1.29 is 4.79 Å². The molecule has 0 aliphatic carbocycles. The minimum absolute atomic E-state index is 0.0384. The first-order chi connectivity index (χ1) is 20.6. The lowest BCUT2D eigenvalue weighted by Gasteiger charge is -2.28. The van der Waals surface area contributed by atoms with Crippen LogP contribution in [0.3, 0.4) is 0 Å². The zero-order valence-electron chi connectivity index (χ0n) is 23.1. The third kappa shape index (κ3) is 4.16. The number of imidazole rings is 2. The van der Waals surface area contributed by atoms with Gasteiger partial charge in [0.25, 0.3) is 0 Å². The van der Waals surface area contributed by atoms with Gasteiger partial charge in [-0.25, -0.2) is 9.97 Å². The summed E-state index contributed by atoms with van der Waals surface area (Å²) in [4.78, 5) is 32.1. The number of hydrogen-bond donors (Lipinski definition) is 2. The minimum Gasteiger partial charge on any atom is -0.351 e. The van der Waals surface area contributed by atoms with Crippen molar-refractivity contribution in [2.24, 2.45) is 0 Å². The quantitative estimate of drug-likeness (QED) is 0.241. The summed E-state index contributed by atoms with van der Waals surface area (Å²) < 4.78 is 0. The van der Waals surface area contributed by atoms with E-state index in [1.807, 2.05) is 53.7 Å². The normalized spacial score (nSPS) is 13.8. The van der Waals surface area contributed by atoms with Gasteiger partial charge in [-0.05, 0) is 57.6 Å². The molecule has 7 heteroatoms. The number of amides is 1. The van der Waals surface area contributed by atoms with Gasteiger partial charge in [0.1, 0.15) is 0 Å². The molecule has 0 bridgehead atoms. The second kappa shape index (κ2) is 10.2. The van der Waals surface area contributed by atoms with Gasteiger partial charge in [-0.3, -0.25) is 4.79 Å². The van der Waals surface area contributed by atoms with Crippen LogP contribution in [0.1, 0.15) is 33.6 Å². The third-order valence-electron chi connectivity index (χ3n) is 8.48. The number of H-pyrrole nitrogens is 2. The van der Waals surface area contributed by atoms with Crippen LogP contribution < -0.4 is 4.90 Å². The van der Waals surface area contributed by atoms with E-state index in [0.29, 0.717) is 24.9 Å². The van der Waals surface area contributed by atoms with Crippen LogP contribution in [0.2, 0.25) is 0 Å². The van der Waals surface area contributed by atoms with Crippen molar-refractivity contribution in [2.75, 3.05) is 4.90 Å². The van der Waals surface area contributed by atoms with E-state index in [4.69, 9.17) is 0 Å². The molecule has 1 amide bonds. The van der Waals surface area contributed by atoms with Gasteiger partial charge in [-0.15, -0.1) is 0 Å². The van der Waals surface area contributed by atoms with Crippen molar-refractivity contribution in [3.63, 3.8) is 0 Å². The van der Waals surface area contributed by atoms with E-state index in [9.17, 15) is 10.1 Å². The highest BCUT2D eigenvalue weighted by Gasteiger charge is 2.52. The number of rotatable bonds is 7. The van der Waals surface area contributed by atoms with Crippen molar-refractivity contribution in [3.05, 3.63) is 138 Å². The Bertz CT molecular complexity index is 1910. The van der Waals surface area contributed by atoms with E-state index in [-0.39, 0.29) is 5.91 Å². The fourth-order valence-electron chi connectivity index (χ4n) is 6.50. The summed E-state index contributed by atoms with van der Waals surface area (Å²) in [6.07, 6.45) is 7.93. The van der Waals surface area contributed by atoms with E-state index in [0.717, 1.165) is 55.7 Å². The fraction of sp³-hybridized carbons (Fsp3) is 0.143. The van der Waals surface area contributed by atoms with Crippen LogP contribution >= 0.6 is 0 Å². The van der Waals surface area contributed by atoms with Gasteiger partial charge in [-0.1, -0.05) is 66.7 Å². The average Bonchev–Trinajstić information content (AvgIpc) is 3.78. The first kappa shape index (κ1) is 25.5. The number of nitriles is 1. The van der Waals surface area contributed by atoms with Crippen molar-refractivity contribution in [3.8, 4) is 17.2 Å². The van der Waals surface area contributed by atoms with Crippen LogP contribution in [-0.4, -0.2) is 25.8 Å². The molecule has 204 valence electrons. The summed E-state index contributed by atoms with van der Waals surface area (Å²) in [5.74, 6) is 0.0384. The summed E-state index contributed by atoms with van der Waals surface area (Å²) in [6.45, 7) is 2.53. The molecule has 0 saturated heterocycles. The number of carbonyl (C=O) groups excluding carboxylic acids is 1. The molecule has 0 saturated carbocycles. The number of aromatic nitrogens is 4. The van der Waals surface area contributed by atoms with E-state index in [1.165, 1.54) is 0 Å². The van der Waals surface area contributed by atoms with Crippen molar-refractivity contribution >= 4 is 22.4 Å². The molecule has 4 aromatic carbocycles. The third-order valence-corrected chi connectivity index (χ3v) is 8.48. The molecular weight excluding hydrogens is 520 g/mol. The lowest BCUT2D eigenvalue weighted by molar-refractivity contribution is -0.123. The Morgan fingerprint density at radius 1 is 0.857 bits per heavy atom. The lowest BCUT2D eigenvalue weighted by Crippen LogP contribution is -2.43.